The van der Waals surface area contributed by atoms with E-state index in [1.165, 1.54) is 36.5 Å². The van der Waals surface area contributed by atoms with Crippen molar-refractivity contribution in [3.05, 3.63) is 77.7 Å². The van der Waals surface area contributed by atoms with Crippen molar-refractivity contribution in [1.82, 2.24) is 14.9 Å². The topological polar surface area (TPSA) is 80.0 Å². The van der Waals surface area contributed by atoms with E-state index < -0.39 is 12.4 Å². The van der Waals surface area contributed by atoms with Crippen molar-refractivity contribution >= 4 is 6.03 Å². The smallest absolute Gasteiger partial charge is 0.406 e. The minimum atomic E-state index is -4.76. The fourth-order valence-corrected chi connectivity index (χ4v) is 2.81. The third-order valence-electron chi connectivity index (χ3n) is 4.19. The molecule has 0 aliphatic rings. The number of carbonyl (C=O) groups is 1. The number of carbonyl (C=O) groups excluding carboxylic acids is 1. The van der Waals surface area contributed by atoms with Crippen molar-refractivity contribution in [3.63, 3.8) is 0 Å². The number of hydrogen-bond donors (Lipinski definition) is 2. The van der Waals surface area contributed by atoms with Crippen LogP contribution in [-0.4, -0.2) is 28.5 Å². The summed E-state index contributed by atoms with van der Waals surface area (Å²) >= 11 is 0. The summed E-state index contributed by atoms with van der Waals surface area (Å²) in [5.74, 6) is -0.335. The molecule has 0 atom stereocenters. The zero-order chi connectivity index (χ0) is 21.7. The molecule has 3 aromatic rings. The first kappa shape index (κ1) is 21.1. The van der Waals surface area contributed by atoms with Crippen LogP contribution in [0.4, 0.5) is 18.0 Å². The van der Waals surface area contributed by atoms with Crippen LogP contribution in [0.3, 0.4) is 0 Å². The van der Waals surface area contributed by atoms with Gasteiger partial charge in [-0.1, -0.05) is 18.2 Å². The molecule has 0 saturated carbocycles. The molecule has 0 unspecified atom stereocenters. The van der Waals surface area contributed by atoms with Crippen LogP contribution < -0.4 is 15.5 Å². The number of nitrogens with zero attached hydrogens (tertiary/aromatic N) is 2. The lowest BCUT2D eigenvalue weighted by Crippen LogP contribution is -2.36. The Kier molecular flexibility index (Phi) is 6.20. The fraction of sp³-hybridized carbons (Fsp3) is 0.190. The van der Waals surface area contributed by atoms with E-state index in [1.54, 1.807) is 6.07 Å². The largest absolute Gasteiger partial charge is 0.573 e. The van der Waals surface area contributed by atoms with E-state index in [2.05, 4.69) is 15.0 Å². The highest BCUT2D eigenvalue weighted by molar-refractivity contribution is 5.78. The second-order valence-corrected chi connectivity index (χ2v) is 6.50. The van der Waals surface area contributed by atoms with E-state index in [-0.39, 0.29) is 11.2 Å². The van der Waals surface area contributed by atoms with Gasteiger partial charge in [0.1, 0.15) is 11.2 Å². The second-order valence-electron chi connectivity index (χ2n) is 6.50. The highest BCUT2D eigenvalue weighted by atomic mass is 19.4. The van der Waals surface area contributed by atoms with Crippen molar-refractivity contribution in [1.29, 1.82) is 5.41 Å². The van der Waals surface area contributed by atoms with Crippen molar-refractivity contribution in [2.24, 2.45) is 0 Å². The first-order chi connectivity index (χ1) is 14.2. The monoisotopic (exact) mass is 416 g/mol. The van der Waals surface area contributed by atoms with Gasteiger partial charge in [-0.25, -0.2) is 4.79 Å². The predicted octanol–water partition coefficient (Wildman–Crippen LogP) is 4.04. The Morgan fingerprint density at radius 1 is 1.10 bits per heavy atom. The molecule has 9 heteroatoms. The molecule has 2 N–H and O–H groups in total. The van der Waals surface area contributed by atoms with Crippen LogP contribution in [0.2, 0.25) is 0 Å². The van der Waals surface area contributed by atoms with E-state index in [4.69, 9.17) is 5.41 Å². The minimum absolute atomic E-state index is 0.0260. The lowest BCUT2D eigenvalue weighted by atomic mass is 10.1. The molecular weight excluding hydrogens is 397 g/mol. The number of nitrogens with one attached hydrogen (secondary N) is 2. The summed E-state index contributed by atoms with van der Waals surface area (Å²) in [6.07, 6.45) is -2.76. The van der Waals surface area contributed by atoms with Gasteiger partial charge in [-0.15, -0.1) is 13.2 Å². The zero-order valence-corrected chi connectivity index (χ0v) is 16.0. The summed E-state index contributed by atoms with van der Waals surface area (Å²) in [6.45, 7) is 2.23. The molecule has 1 aromatic carbocycles. The van der Waals surface area contributed by atoms with Crippen molar-refractivity contribution in [3.8, 4) is 16.9 Å². The van der Waals surface area contributed by atoms with Gasteiger partial charge in [-0.2, -0.15) is 0 Å². The van der Waals surface area contributed by atoms with Crippen LogP contribution in [0.15, 0.2) is 60.8 Å². The van der Waals surface area contributed by atoms with Crippen LogP contribution in [-0.2, 0) is 6.42 Å². The molecule has 2 aromatic heterocycles. The fourth-order valence-electron chi connectivity index (χ4n) is 2.81. The van der Waals surface area contributed by atoms with Gasteiger partial charge in [-0.05, 0) is 54.4 Å². The summed E-state index contributed by atoms with van der Waals surface area (Å²) < 4.78 is 41.9. The van der Waals surface area contributed by atoms with E-state index in [0.29, 0.717) is 24.1 Å². The maximum Gasteiger partial charge on any atom is 0.573 e. The molecule has 0 radical (unpaired) electrons. The Balaban J connectivity index is 1.70. The molecule has 0 spiro atoms. The highest BCUT2D eigenvalue weighted by Crippen LogP contribution is 2.26. The summed E-state index contributed by atoms with van der Waals surface area (Å²) in [5.41, 5.74) is 2.86. The Labute approximate surface area is 170 Å². The maximum atomic E-state index is 12.5. The number of rotatable bonds is 5. The van der Waals surface area contributed by atoms with Crippen LogP contribution in [0.1, 0.15) is 11.4 Å². The molecule has 156 valence electrons. The molecule has 0 saturated heterocycles. The van der Waals surface area contributed by atoms with Crippen LogP contribution in [0, 0.1) is 12.3 Å². The lowest BCUT2D eigenvalue weighted by Gasteiger charge is -2.11. The third kappa shape index (κ3) is 5.69. The summed E-state index contributed by atoms with van der Waals surface area (Å²) in [5, 5.41) is 10.7. The molecule has 0 aliphatic heterocycles. The number of aromatic nitrogens is 2. The number of halogens is 3. The van der Waals surface area contributed by atoms with Gasteiger partial charge in [0, 0.05) is 30.6 Å². The maximum absolute atomic E-state index is 12.5. The van der Waals surface area contributed by atoms with Gasteiger partial charge >= 0.3 is 12.4 Å². The van der Waals surface area contributed by atoms with E-state index in [9.17, 15) is 18.0 Å². The molecule has 3 rings (SSSR count). The summed E-state index contributed by atoms with van der Waals surface area (Å²) in [6, 6.07) is 13.5. The SMILES string of the molecule is Cc1cccc(CCNC(=O)n2cc(-c3ccc(OC(F)(F)F)cc3)ccc2=N)n1. The van der Waals surface area contributed by atoms with Crippen LogP contribution >= 0.6 is 0 Å². The number of alkyl halides is 3. The molecule has 2 heterocycles. The average Bonchev–Trinajstić information content (AvgIpc) is 2.68. The Hall–Kier alpha value is -3.62. The number of pyridine rings is 2. The van der Waals surface area contributed by atoms with Gasteiger partial charge in [-0.3, -0.25) is 15.0 Å². The molecule has 0 bridgehead atoms. The quantitative estimate of drug-likeness (QED) is 0.659. The molecular formula is C21H19F3N4O2. The molecule has 0 fully saturated rings. The Bertz CT molecular complexity index is 1090. The standard InChI is InChI=1S/C21H19F3N4O2/c1-14-3-2-4-17(27-14)11-12-26-20(29)28-13-16(7-10-19(28)25)15-5-8-18(9-6-15)30-21(22,23)24/h2-10,13,25H,11-12H2,1H3,(H,26,29). The van der Waals surface area contributed by atoms with E-state index >= 15 is 0 Å². The van der Waals surface area contributed by atoms with Gasteiger partial charge in [0.2, 0.25) is 0 Å². The summed E-state index contributed by atoms with van der Waals surface area (Å²) in [4.78, 5) is 16.9. The number of ether oxygens (including phenoxy) is 1. The number of amides is 1. The first-order valence-corrected chi connectivity index (χ1v) is 9.05. The zero-order valence-electron chi connectivity index (χ0n) is 16.0. The second kappa shape index (κ2) is 8.81. The molecule has 6 nitrogen and oxygen atoms in total. The molecule has 30 heavy (non-hydrogen) atoms. The normalized spacial score (nSPS) is 11.2. The predicted molar refractivity (Wildman–Crippen MR) is 104 cm³/mol. The Morgan fingerprint density at radius 3 is 2.47 bits per heavy atom. The van der Waals surface area contributed by atoms with E-state index in [0.717, 1.165) is 16.0 Å². The minimum Gasteiger partial charge on any atom is -0.406 e. The van der Waals surface area contributed by atoms with Gasteiger partial charge < -0.3 is 10.1 Å². The van der Waals surface area contributed by atoms with Crippen LogP contribution in [0.5, 0.6) is 5.75 Å². The summed E-state index contributed by atoms with van der Waals surface area (Å²) in [7, 11) is 0. The third-order valence-corrected chi connectivity index (χ3v) is 4.19. The van der Waals surface area contributed by atoms with Crippen molar-refractivity contribution < 1.29 is 22.7 Å². The number of benzene rings is 1. The number of hydrogen-bond acceptors (Lipinski definition) is 4. The molecule has 0 aliphatic carbocycles. The number of aryl methyl sites for hydroxylation is 1. The van der Waals surface area contributed by atoms with Gasteiger partial charge in [0.25, 0.3) is 0 Å². The van der Waals surface area contributed by atoms with Gasteiger partial charge in [0.05, 0.1) is 0 Å². The highest BCUT2D eigenvalue weighted by Gasteiger charge is 2.30. The first-order valence-electron chi connectivity index (χ1n) is 9.05. The van der Waals surface area contributed by atoms with Crippen LogP contribution in [0.25, 0.3) is 11.1 Å². The van der Waals surface area contributed by atoms with Crippen molar-refractivity contribution in [2.45, 2.75) is 19.7 Å². The molecule has 1 amide bonds. The average molecular weight is 416 g/mol. The van der Waals surface area contributed by atoms with E-state index in [1.807, 2.05) is 25.1 Å². The lowest BCUT2D eigenvalue weighted by molar-refractivity contribution is -0.274. The van der Waals surface area contributed by atoms with Gasteiger partial charge in [0.15, 0.2) is 0 Å². The Morgan fingerprint density at radius 2 is 1.80 bits per heavy atom. The van der Waals surface area contributed by atoms with Crippen molar-refractivity contribution in [2.75, 3.05) is 6.54 Å².